The van der Waals surface area contributed by atoms with E-state index in [-0.39, 0.29) is 29.7 Å². The lowest BCUT2D eigenvalue weighted by Crippen LogP contribution is -2.19. The van der Waals surface area contributed by atoms with Gasteiger partial charge in [-0.15, -0.1) is 0 Å². The van der Waals surface area contributed by atoms with Gasteiger partial charge in [0.15, 0.2) is 5.78 Å². The molecule has 3 atom stereocenters. The van der Waals surface area contributed by atoms with Gasteiger partial charge in [-0.2, -0.15) is 0 Å². The van der Waals surface area contributed by atoms with Crippen LogP contribution in [0.5, 0.6) is 11.5 Å². The normalized spacial score (nSPS) is 30.3. The molecule has 5 nitrogen and oxygen atoms in total. The predicted octanol–water partition coefficient (Wildman–Crippen LogP) is 3.15. The molecule has 3 rings (SSSR count). The highest BCUT2D eigenvalue weighted by molar-refractivity contribution is 5.98. The van der Waals surface area contributed by atoms with Gasteiger partial charge in [-0.3, -0.25) is 4.79 Å². The summed E-state index contributed by atoms with van der Waals surface area (Å²) >= 11 is 0. The van der Waals surface area contributed by atoms with E-state index in [0.717, 1.165) is 6.07 Å². The van der Waals surface area contributed by atoms with E-state index in [9.17, 15) is 28.6 Å². The van der Waals surface area contributed by atoms with E-state index in [1.165, 1.54) is 37.3 Å². The van der Waals surface area contributed by atoms with Crippen LogP contribution in [0.1, 0.15) is 29.3 Å². The molecule has 0 saturated heterocycles. The third-order valence-electron chi connectivity index (χ3n) is 4.62. The first kappa shape index (κ1) is 18.1. The number of benzene rings is 1. The molecule has 1 heterocycles. The number of allylic oxidation sites excluding steroid dienone is 4. The number of rotatable bonds is 0. The summed E-state index contributed by atoms with van der Waals surface area (Å²) in [4.78, 5) is 24.5. The van der Waals surface area contributed by atoms with E-state index in [1.54, 1.807) is 0 Å². The van der Waals surface area contributed by atoms with Crippen molar-refractivity contribution < 1.29 is 33.3 Å². The Labute approximate surface area is 148 Å². The van der Waals surface area contributed by atoms with Crippen LogP contribution in [0, 0.1) is 11.8 Å². The van der Waals surface area contributed by atoms with Crippen molar-refractivity contribution in [3.05, 3.63) is 47.6 Å². The molecule has 2 aliphatic rings. The predicted molar refractivity (Wildman–Crippen MR) is 88.2 cm³/mol. The second-order valence-corrected chi connectivity index (χ2v) is 6.64. The van der Waals surface area contributed by atoms with Crippen molar-refractivity contribution in [1.82, 2.24) is 0 Å². The largest absolute Gasteiger partial charge is 0.508 e. The number of fused-ring (bicyclic) bond motifs is 2. The Morgan fingerprint density at radius 1 is 1.19 bits per heavy atom. The summed E-state index contributed by atoms with van der Waals surface area (Å²) in [6.07, 6.45) is 4.23. The summed E-state index contributed by atoms with van der Waals surface area (Å²) in [6.45, 7) is 1.50. The number of phenolic OH excluding ortho intramolecular Hbond substituents is 2. The van der Waals surface area contributed by atoms with Crippen LogP contribution >= 0.6 is 0 Å². The number of esters is 1. The minimum atomic E-state index is -2.87. The smallest absolute Gasteiger partial charge is 0.342 e. The summed E-state index contributed by atoms with van der Waals surface area (Å²) < 4.78 is 32.9. The summed E-state index contributed by atoms with van der Waals surface area (Å²) in [5, 5.41) is 19.6. The molecule has 1 aliphatic heterocycles. The lowest BCUT2D eigenvalue weighted by atomic mass is 10.00. The number of carbonyl (C=O) groups is 2. The molecule has 0 radical (unpaired) electrons. The summed E-state index contributed by atoms with van der Waals surface area (Å²) in [7, 11) is 0. The molecule has 1 saturated carbocycles. The van der Waals surface area contributed by atoms with Crippen molar-refractivity contribution in [3.63, 3.8) is 0 Å². The second kappa shape index (κ2) is 6.55. The number of ketones is 1. The van der Waals surface area contributed by atoms with Gasteiger partial charge in [0.2, 0.25) is 0 Å². The van der Waals surface area contributed by atoms with Crippen molar-refractivity contribution in [2.24, 2.45) is 11.8 Å². The van der Waals surface area contributed by atoms with Gasteiger partial charge in [0, 0.05) is 18.4 Å². The number of halogens is 2. The van der Waals surface area contributed by atoms with Crippen LogP contribution < -0.4 is 0 Å². The molecule has 0 amide bonds. The zero-order chi connectivity index (χ0) is 19.1. The molecule has 1 aliphatic carbocycles. The number of aromatic hydroxyl groups is 2. The van der Waals surface area contributed by atoms with Gasteiger partial charge in [-0.05, 0) is 31.1 Å². The number of carbonyl (C=O) groups excluding carboxylic acids is 2. The van der Waals surface area contributed by atoms with E-state index >= 15 is 0 Å². The monoisotopic (exact) mass is 364 g/mol. The lowest BCUT2D eigenvalue weighted by Gasteiger charge is -2.16. The van der Waals surface area contributed by atoms with Crippen LogP contribution in [0.3, 0.4) is 0 Å². The highest BCUT2D eigenvalue weighted by atomic mass is 19.3. The van der Waals surface area contributed by atoms with Crippen molar-refractivity contribution in [2.45, 2.75) is 31.8 Å². The maximum absolute atomic E-state index is 13.8. The molecule has 1 fully saturated rings. The highest BCUT2D eigenvalue weighted by Gasteiger charge is 2.66. The Balaban J connectivity index is 1.97. The van der Waals surface area contributed by atoms with Crippen LogP contribution in [0.4, 0.5) is 8.78 Å². The van der Waals surface area contributed by atoms with Crippen LogP contribution in [0.15, 0.2) is 36.4 Å². The van der Waals surface area contributed by atoms with E-state index in [0.29, 0.717) is 0 Å². The second-order valence-electron chi connectivity index (χ2n) is 6.64. The van der Waals surface area contributed by atoms with E-state index in [1.807, 2.05) is 0 Å². The fourth-order valence-electron chi connectivity index (χ4n) is 3.27. The molecule has 26 heavy (non-hydrogen) atoms. The zero-order valence-electron chi connectivity index (χ0n) is 14.0. The number of hydrogen-bond acceptors (Lipinski definition) is 5. The number of cyclic esters (lactones) is 1. The first-order chi connectivity index (χ1) is 12.2. The summed E-state index contributed by atoms with van der Waals surface area (Å²) in [5.41, 5.74) is -0.145. The van der Waals surface area contributed by atoms with E-state index in [2.05, 4.69) is 0 Å². The van der Waals surface area contributed by atoms with Gasteiger partial charge in [0.05, 0.1) is 12.0 Å². The standard InChI is InChI=1S/C19H18F2O5/c1-10-6-15-14(19(15,20)21)5-3-2-4-12(22)7-11-8-13(23)9-16(24)17(11)18(25)26-10/h2-5,8-10,14-15,23-24H,6-7H2,1H3/b4-2+,5-3-/t10?,14?,15-/m1/s1. The topological polar surface area (TPSA) is 83.8 Å². The zero-order valence-corrected chi connectivity index (χ0v) is 14.0. The molecule has 0 bridgehead atoms. The van der Waals surface area contributed by atoms with Crippen LogP contribution in [0.2, 0.25) is 0 Å². The number of phenols is 2. The fourth-order valence-corrected chi connectivity index (χ4v) is 3.27. The van der Waals surface area contributed by atoms with Gasteiger partial charge < -0.3 is 14.9 Å². The van der Waals surface area contributed by atoms with Gasteiger partial charge >= 0.3 is 5.97 Å². The van der Waals surface area contributed by atoms with Crippen molar-refractivity contribution >= 4 is 11.8 Å². The first-order valence-corrected chi connectivity index (χ1v) is 8.21. The summed E-state index contributed by atoms with van der Waals surface area (Å²) in [6, 6.07) is 2.15. The van der Waals surface area contributed by atoms with Gasteiger partial charge in [0.1, 0.15) is 17.1 Å². The molecule has 0 spiro atoms. The number of hydrogen-bond donors (Lipinski definition) is 2. The molecule has 138 valence electrons. The fraction of sp³-hybridized carbons (Fsp3) is 0.368. The van der Waals surface area contributed by atoms with Crippen molar-refractivity contribution in [3.8, 4) is 11.5 Å². The Morgan fingerprint density at radius 3 is 2.65 bits per heavy atom. The van der Waals surface area contributed by atoms with Gasteiger partial charge in [-0.25, -0.2) is 13.6 Å². The first-order valence-electron chi connectivity index (χ1n) is 8.21. The van der Waals surface area contributed by atoms with Crippen LogP contribution in [-0.4, -0.2) is 34.0 Å². The molecule has 1 aromatic rings. The Kier molecular flexibility index (Phi) is 4.56. The average molecular weight is 364 g/mol. The Hall–Kier alpha value is -2.70. The number of ether oxygens (including phenoxy) is 1. The van der Waals surface area contributed by atoms with E-state index < -0.39 is 41.4 Å². The molecule has 1 aromatic carbocycles. The highest BCUT2D eigenvalue weighted by Crippen LogP contribution is 2.58. The average Bonchev–Trinajstić information content (AvgIpc) is 3.01. The molecule has 2 N–H and O–H groups in total. The van der Waals surface area contributed by atoms with Gasteiger partial charge in [-0.1, -0.05) is 18.2 Å². The molecule has 7 heteroatoms. The maximum Gasteiger partial charge on any atom is 0.342 e. The SMILES string of the molecule is CC1C[C@@H]2C(/C=C\C=C\C(=O)Cc3cc(O)cc(O)c3C(=O)O1)C2(F)F. The summed E-state index contributed by atoms with van der Waals surface area (Å²) in [5.74, 6) is -6.95. The quantitative estimate of drug-likeness (QED) is 0.691. The Morgan fingerprint density at radius 2 is 1.92 bits per heavy atom. The maximum atomic E-state index is 13.8. The van der Waals surface area contributed by atoms with E-state index in [4.69, 9.17) is 4.74 Å². The Bertz CT molecular complexity index is 812. The third-order valence-corrected chi connectivity index (χ3v) is 4.62. The molecule has 0 aromatic heterocycles. The molecular formula is C19H18F2O5. The lowest BCUT2D eigenvalue weighted by molar-refractivity contribution is -0.114. The molecular weight excluding hydrogens is 346 g/mol. The number of alkyl halides is 2. The third kappa shape index (κ3) is 3.47. The van der Waals surface area contributed by atoms with Crippen LogP contribution in [-0.2, 0) is 16.0 Å². The van der Waals surface area contributed by atoms with Gasteiger partial charge in [0.25, 0.3) is 5.92 Å². The molecule has 2 unspecified atom stereocenters. The van der Waals surface area contributed by atoms with Crippen LogP contribution in [0.25, 0.3) is 0 Å². The minimum absolute atomic E-state index is 0.0232. The minimum Gasteiger partial charge on any atom is -0.508 e. The van der Waals surface area contributed by atoms with Crippen molar-refractivity contribution in [2.75, 3.05) is 0 Å². The van der Waals surface area contributed by atoms with Crippen molar-refractivity contribution in [1.29, 1.82) is 0 Å².